The SMILES string of the molecule is c1c(C2CC2)nnn1C1CCN(C2CCCCCC2)CC1. The van der Waals surface area contributed by atoms with Crippen molar-refractivity contribution in [3.05, 3.63) is 11.9 Å². The largest absolute Gasteiger partial charge is 0.300 e. The second-order valence-corrected chi connectivity index (χ2v) is 7.31. The fourth-order valence-electron chi connectivity index (χ4n) is 4.17. The molecule has 0 N–H and O–H groups in total. The number of hydrogen-bond donors (Lipinski definition) is 0. The maximum Gasteiger partial charge on any atom is 0.0858 e. The summed E-state index contributed by atoms with van der Waals surface area (Å²) in [5.74, 6) is 0.727. The molecule has 0 atom stereocenters. The van der Waals surface area contributed by atoms with Gasteiger partial charge >= 0.3 is 0 Å². The number of piperidine rings is 1. The first-order valence-corrected chi connectivity index (χ1v) is 9.06. The summed E-state index contributed by atoms with van der Waals surface area (Å²) < 4.78 is 2.16. The van der Waals surface area contributed by atoms with Gasteiger partial charge in [0.2, 0.25) is 0 Å². The maximum absolute atomic E-state index is 4.40. The zero-order chi connectivity index (χ0) is 14.1. The normalized spacial score (nSPS) is 26.9. The Balaban J connectivity index is 1.32. The van der Waals surface area contributed by atoms with Crippen LogP contribution in [0, 0.1) is 0 Å². The van der Waals surface area contributed by atoms with Gasteiger partial charge in [0.05, 0.1) is 11.7 Å². The molecule has 0 bridgehead atoms. The highest BCUT2D eigenvalue weighted by molar-refractivity contribution is 5.09. The van der Waals surface area contributed by atoms with Gasteiger partial charge in [0.1, 0.15) is 0 Å². The molecule has 1 aromatic heterocycles. The first-order valence-electron chi connectivity index (χ1n) is 9.06. The lowest BCUT2D eigenvalue weighted by atomic mass is 10.00. The van der Waals surface area contributed by atoms with Crippen LogP contribution in [0.1, 0.15) is 81.9 Å². The van der Waals surface area contributed by atoms with Crippen molar-refractivity contribution in [2.24, 2.45) is 0 Å². The summed E-state index contributed by atoms with van der Waals surface area (Å²) in [6.45, 7) is 2.52. The highest BCUT2D eigenvalue weighted by atomic mass is 15.4. The van der Waals surface area contributed by atoms with Gasteiger partial charge in [-0.1, -0.05) is 30.9 Å². The summed E-state index contributed by atoms with van der Waals surface area (Å²) in [7, 11) is 0. The van der Waals surface area contributed by atoms with Crippen LogP contribution in [0.3, 0.4) is 0 Å². The Morgan fingerprint density at radius 2 is 1.52 bits per heavy atom. The first-order chi connectivity index (χ1) is 10.4. The van der Waals surface area contributed by atoms with Crippen molar-refractivity contribution in [1.82, 2.24) is 19.9 Å². The average molecular weight is 288 g/mol. The number of hydrogen-bond acceptors (Lipinski definition) is 3. The molecule has 1 saturated heterocycles. The Kier molecular flexibility index (Phi) is 3.97. The number of rotatable bonds is 3. The van der Waals surface area contributed by atoms with Gasteiger partial charge in [-0.2, -0.15) is 0 Å². The molecule has 1 aliphatic heterocycles. The van der Waals surface area contributed by atoms with Gasteiger partial charge in [-0.15, -0.1) is 5.10 Å². The average Bonchev–Trinajstić information content (AvgIpc) is 3.31. The summed E-state index contributed by atoms with van der Waals surface area (Å²) >= 11 is 0. The van der Waals surface area contributed by atoms with E-state index >= 15 is 0 Å². The lowest BCUT2D eigenvalue weighted by molar-refractivity contribution is 0.119. The van der Waals surface area contributed by atoms with E-state index < -0.39 is 0 Å². The minimum absolute atomic E-state index is 0.590. The molecule has 0 spiro atoms. The van der Waals surface area contributed by atoms with Gasteiger partial charge in [0.15, 0.2) is 0 Å². The molecule has 2 aliphatic carbocycles. The zero-order valence-electron chi connectivity index (χ0n) is 13.1. The van der Waals surface area contributed by atoms with Crippen molar-refractivity contribution < 1.29 is 0 Å². The van der Waals surface area contributed by atoms with Crippen molar-refractivity contribution in [3.8, 4) is 0 Å². The fraction of sp³-hybridized carbons (Fsp3) is 0.882. The molecule has 4 heteroatoms. The summed E-state index contributed by atoms with van der Waals surface area (Å²) in [5, 5.41) is 8.78. The third-order valence-electron chi connectivity index (χ3n) is 5.74. The molecule has 21 heavy (non-hydrogen) atoms. The van der Waals surface area contributed by atoms with E-state index in [1.807, 2.05) is 0 Å². The van der Waals surface area contributed by atoms with E-state index in [0.717, 1.165) is 12.0 Å². The Labute approximate surface area is 127 Å². The second kappa shape index (κ2) is 6.07. The summed E-state index contributed by atoms with van der Waals surface area (Å²) in [4.78, 5) is 2.76. The Hall–Kier alpha value is -0.900. The molecule has 2 saturated carbocycles. The van der Waals surface area contributed by atoms with E-state index in [1.54, 1.807) is 0 Å². The second-order valence-electron chi connectivity index (χ2n) is 7.31. The predicted octanol–water partition coefficient (Wildman–Crippen LogP) is 3.52. The van der Waals surface area contributed by atoms with Gasteiger partial charge in [-0.25, -0.2) is 4.68 Å². The van der Waals surface area contributed by atoms with Crippen LogP contribution in [-0.4, -0.2) is 39.0 Å². The van der Waals surface area contributed by atoms with Crippen LogP contribution >= 0.6 is 0 Å². The van der Waals surface area contributed by atoms with E-state index in [4.69, 9.17) is 0 Å². The first kappa shape index (κ1) is 13.7. The van der Waals surface area contributed by atoms with E-state index in [9.17, 15) is 0 Å². The molecular weight excluding hydrogens is 260 g/mol. The van der Waals surface area contributed by atoms with Crippen LogP contribution in [0.25, 0.3) is 0 Å². The van der Waals surface area contributed by atoms with Crippen molar-refractivity contribution >= 4 is 0 Å². The molecule has 3 aliphatic rings. The van der Waals surface area contributed by atoms with Crippen LogP contribution in [0.2, 0.25) is 0 Å². The molecule has 0 radical (unpaired) electrons. The fourth-order valence-corrected chi connectivity index (χ4v) is 4.17. The zero-order valence-corrected chi connectivity index (χ0v) is 13.1. The van der Waals surface area contributed by atoms with Gasteiger partial charge < -0.3 is 4.90 Å². The quantitative estimate of drug-likeness (QED) is 0.798. The molecule has 0 unspecified atom stereocenters. The van der Waals surface area contributed by atoms with Crippen molar-refractivity contribution in [3.63, 3.8) is 0 Å². The topological polar surface area (TPSA) is 34.0 Å². The van der Waals surface area contributed by atoms with Crippen LogP contribution in [0.5, 0.6) is 0 Å². The summed E-state index contributed by atoms with van der Waals surface area (Å²) in [5.41, 5.74) is 1.24. The monoisotopic (exact) mass is 288 g/mol. The van der Waals surface area contributed by atoms with Crippen LogP contribution in [0.4, 0.5) is 0 Å². The van der Waals surface area contributed by atoms with Gasteiger partial charge in [-0.05, 0) is 38.5 Å². The molecule has 4 rings (SSSR count). The van der Waals surface area contributed by atoms with Crippen molar-refractivity contribution in [1.29, 1.82) is 0 Å². The molecule has 0 aromatic carbocycles. The lowest BCUT2D eigenvalue weighted by Gasteiger charge is -2.37. The van der Waals surface area contributed by atoms with Crippen LogP contribution in [-0.2, 0) is 0 Å². The maximum atomic E-state index is 4.40. The smallest absolute Gasteiger partial charge is 0.0858 e. The van der Waals surface area contributed by atoms with Gasteiger partial charge in [-0.3, -0.25) is 0 Å². The van der Waals surface area contributed by atoms with Gasteiger partial charge in [0, 0.05) is 31.2 Å². The Bertz CT molecular complexity index is 449. The van der Waals surface area contributed by atoms with E-state index in [1.165, 1.54) is 83.0 Å². The standard InChI is InChI=1S/C17H28N4/c1-2-4-6-15(5-3-1)20-11-9-16(10-12-20)21-13-17(18-19-21)14-7-8-14/h13-16H,1-12H2. The third kappa shape index (κ3) is 3.15. The van der Waals surface area contributed by atoms with E-state index in [-0.39, 0.29) is 0 Å². The Morgan fingerprint density at radius 1 is 0.810 bits per heavy atom. The molecule has 2 heterocycles. The number of nitrogens with zero attached hydrogens (tertiary/aromatic N) is 4. The predicted molar refractivity (Wildman–Crippen MR) is 83.3 cm³/mol. The minimum Gasteiger partial charge on any atom is -0.300 e. The molecular formula is C17H28N4. The van der Waals surface area contributed by atoms with Crippen molar-refractivity contribution in [2.75, 3.05) is 13.1 Å². The van der Waals surface area contributed by atoms with Crippen LogP contribution < -0.4 is 0 Å². The summed E-state index contributed by atoms with van der Waals surface area (Å²) in [6.07, 6.45) is 16.0. The van der Waals surface area contributed by atoms with E-state index in [2.05, 4.69) is 26.1 Å². The molecule has 1 aromatic rings. The molecule has 116 valence electrons. The molecule has 3 fully saturated rings. The lowest BCUT2D eigenvalue weighted by Crippen LogP contribution is -2.41. The van der Waals surface area contributed by atoms with Gasteiger partial charge in [0.25, 0.3) is 0 Å². The third-order valence-corrected chi connectivity index (χ3v) is 5.74. The highest BCUT2D eigenvalue weighted by Crippen LogP contribution is 2.39. The van der Waals surface area contributed by atoms with E-state index in [0.29, 0.717) is 6.04 Å². The number of likely N-dealkylation sites (tertiary alicyclic amines) is 1. The molecule has 4 nitrogen and oxygen atoms in total. The highest BCUT2D eigenvalue weighted by Gasteiger charge is 2.29. The van der Waals surface area contributed by atoms with Crippen LogP contribution in [0.15, 0.2) is 6.20 Å². The molecule has 0 amide bonds. The minimum atomic E-state index is 0.590. The summed E-state index contributed by atoms with van der Waals surface area (Å²) in [6, 6.07) is 1.46. The van der Waals surface area contributed by atoms with Crippen molar-refractivity contribution in [2.45, 2.75) is 82.2 Å². The number of aromatic nitrogens is 3. The Morgan fingerprint density at radius 3 is 2.19 bits per heavy atom.